The summed E-state index contributed by atoms with van der Waals surface area (Å²) in [4.78, 5) is 17.8. The molecule has 0 saturated heterocycles. The third-order valence-corrected chi connectivity index (χ3v) is 6.44. The topological polar surface area (TPSA) is 65.1 Å². The van der Waals surface area contributed by atoms with Crippen LogP contribution >= 0.6 is 7.60 Å². The second kappa shape index (κ2) is 11.9. The van der Waals surface area contributed by atoms with Gasteiger partial charge in [0.15, 0.2) is 0 Å². The first kappa shape index (κ1) is 23.3. The Morgan fingerprint density at radius 1 is 0.966 bits per heavy atom. The largest absolute Gasteiger partial charge is 0.330 e. The molecule has 158 valence electrons. The lowest BCUT2D eigenvalue weighted by Gasteiger charge is -2.22. The molecule has 0 aliphatic rings. The van der Waals surface area contributed by atoms with E-state index in [1.165, 1.54) is 12.0 Å². The lowest BCUT2D eigenvalue weighted by atomic mass is 10.0. The fourth-order valence-electron chi connectivity index (χ4n) is 2.97. The molecule has 1 amide bonds. The minimum atomic E-state index is -3.12. The van der Waals surface area contributed by atoms with Crippen LogP contribution in [0.15, 0.2) is 54.6 Å². The summed E-state index contributed by atoms with van der Waals surface area (Å²) in [5.74, 6) is -0.204. The van der Waals surface area contributed by atoms with Crippen LogP contribution in [-0.4, -0.2) is 36.9 Å². The molecule has 0 fully saturated rings. The number of amides is 1. The highest BCUT2D eigenvalue weighted by Crippen LogP contribution is 2.48. The Bertz CT molecular complexity index is 802. The van der Waals surface area contributed by atoms with Crippen LogP contribution in [0.2, 0.25) is 0 Å². The summed E-state index contributed by atoms with van der Waals surface area (Å²) in [5, 5.41) is 1.31. The quantitative estimate of drug-likeness (QED) is 0.345. The molecule has 0 spiro atoms. The molecule has 29 heavy (non-hydrogen) atoms. The normalized spacial score (nSPS) is 11.4. The first-order valence-electron chi connectivity index (χ1n) is 9.91. The highest BCUT2D eigenvalue weighted by atomic mass is 31.2. The van der Waals surface area contributed by atoms with Gasteiger partial charge in [0.1, 0.15) is 6.61 Å². The van der Waals surface area contributed by atoms with Crippen molar-refractivity contribution in [3.8, 4) is 11.1 Å². The van der Waals surface area contributed by atoms with E-state index in [1.807, 2.05) is 54.6 Å². The van der Waals surface area contributed by atoms with Crippen molar-refractivity contribution in [2.24, 2.45) is 0 Å². The highest BCUT2D eigenvalue weighted by molar-refractivity contribution is 7.53. The highest BCUT2D eigenvalue weighted by Gasteiger charge is 2.24. The van der Waals surface area contributed by atoms with E-state index in [4.69, 9.17) is 13.9 Å². The number of carbonyl (C=O) groups is 1. The lowest BCUT2D eigenvalue weighted by molar-refractivity contribution is -0.189. The first-order valence-corrected chi connectivity index (χ1v) is 11.6. The van der Waals surface area contributed by atoms with Crippen LogP contribution in [0.4, 0.5) is 0 Å². The van der Waals surface area contributed by atoms with E-state index in [0.29, 0.717) is 26.2 Å². The Balaban J connectivity index is 1.99. The molecule has 0 radical (unpaired) electrons. The van der Waals surface area contributed by atoms with Crippen LogP contribution in [0, 0.1) is 0 Å². The van der Waals surface area contributed by atoms with E-state index in [0.717, 1.165) is 16.7 Å². The van der Waals surface area contributed by atoms with Crippen LogP contribution in [0.5, 0.6) is 0 Å². The maximum absolute atomic E-state index is 12.6. The van der Waals surface area contributed by atoms with Gasteiger partial charge in [-0.05, 0) is 37.0 Å². The number of hydroxylamine groups is 2. The zero-order valence-corrected chi connectivity index (χ0v) is 18.3. The molecule has 0 aliphatic carbocycles. The summed E-state index contributed by atoms with van der Waals surface area (Å²) < 4.78 is 23.1. The van der Waals surface area contributed by atoms with Gasteiger partial charge in [0, 0.05) is 13.5 Å². The average Bonchev–Trinajstić information content (AvgIpc) is 2.71. The van der Waals surface area contributed by atoms with Gasteiger partial charge in [-0.3, -0.25) is 14.2 Å². The van der Waals surface area contributed by atoms with Crippen LogP contribution in [-0.2, 0) is 29.9 Å². The standard InChI is InChI=1S/C22H30NO5P/c1-4-27-29(25,28-5-2)17-11-16-23(19(3)24)26-18-21-14-9-10-15-22(21)20-12-7-6-8-13-20/h6-10,12-15H,4-5,11,16-18H2,1-3H3. The van der Waals surface area contributed by atoms with Gasteiger partial charge < -0.3 is 9.05 Å². The molecule has 6 nitrogen and oxygen atoms in total. The molecule has 0 atom stereocenters. The molecule has 0 heterocycles. The molecule has 7 heteroatoms. The molecular formula is C22H30NO5P. The van der Waals surface area contributed by atoms with Gasteiger partial charge in [-0.15, -0.1) is 0 Å². The van der Waals surface area contributed by atoms with Crippen LogP contribution < -0.4 is 0 Å². The van der Waals surface area contributed by atoms with Crippen LogP contribution in [0.3, 0.4) is 0 Å². The molecular weight excluding hydrogens is 389 g/mol. The van der Waals surface area contributed by atoms with Crippen molar-refractivity contribution < 1.29 is 23.2 Å². The number of benzene rings is 2. The van der Waals surface area contributed by atoms with Crippen molar-refractivity contribution in [1.82, 2.24) is 5.06 Å². The number of carbonyl (C=O) groups excluding carboxylic acids is 1. The van der Waals surface area contributed by atoms with Crippen LogP contribution in [0.1, 0.15) is 32.8 Å². The monoisotopic (exact) mass is 419 g/mol. The van der Waals surface area contributed by atoms with Gasteiger partial charge in [0.05, 0.1) is 19.4 Å². The second-order valence-corrected chi connectivity index (χ2v) is 8.63. The third kappa shape index (κ3) is 7.41. The van der Waals surface area contributed by atoms with Crippen molar-refractivity contribution in [2.45, 2.75) is 33.8 Å². The molecule has 2 aromatic rings. The molecule has 0 bridgehead atoms. The maximum atomic E-state index is 12.6. The Morgan fingerprint density at radius 2 is 1.59 bits per heavy atom. The molecule has 2 rings (SSSR count). The Kier molecular flexibility index (Phi) is 9.55. The van der Waals surface area contributed by atoms with Gasteiger partial charge in [0.2, 0.25) is 5.91 Å². The van der Waals surface area contributed by atoms with E-state index in [1.54, 1.807) is 13.8 Å². The molecule has 0 aromatic heterocycles. The fourth-order valence-corrected chi connectivity index (χ4v) is 4.62. The zero-order chi connectivity index (χ0) is 21.1. The Hall–Kier alpha value is -1.98. The molecule has 0 N–H and O–H groups in total. The van der Waals surface area contributed by atoms with E-state index in [9.17, 15) is 9.36 Å². The van der Waals surface area contributed by atoms with E-state index < -0.39 is 7.60 Å². The lowest BCUT2D eigenvalue weighted by Crippen LogP contribution is -2.30. The van der Waals surface area contributed by atoms with Gasteiger partial charge in [0.25, 0.3) is 0 Å². The summed E-state index contributed by atoms with van der Waals surface area (Å²) >= 11 is 0. The predicted octanol–water partition coefficient (Wildman–Crippen LogP) is 5.29. The minimum Gasteiger partial charge on any atom is -0.309 e. The number of hydrogen-bond acceptors (Lipinski definition) is 5. The SMILES string of the molecule is CCOP(=O)(CCCN(OCc1ccccc1-c1ccccc1)C(C)=O)OCC. The van der Waals surface area contributed by atoms with Crippen molar-refractivity contribution >= 4 is 13.5 Å². The Morgan fingerprint density at radius 3 is 2.21 bits per heavy atom. The smallest absolute Gasteiger partial charge is 0.309 e. The second-order valence-electron chi connectivity index (χ2n) is 6.44. The average molecular weight is 419 g/mol. The van der Waals surface area contributed by atoms with E-state index in [-0.39, 0.29) is 18.7 Å². The van der Waals surface area contributed by atoms with Crippen molar-refractivity contribution in [1.29, 1.82) is 0 Å². The van der Waals surface area contributed by atoms with Crippen molar-refractivity contribution in [3.63, 3.8) is 0 Å². The minimum absolute atomic E-state index is 0.204. The first-order chi connectivity index (χ1) is 14.0. The summed E-state index contributed by atoms with van der Waals surface area (Å²) in [6.07, 6.45) is 0.694. The maximum Gasteiger partial charge on any atom is 0.330 e. The van der Waals surface area contributed by atoms with Gasteiger partial charge in [-0.25, -0.2) is 5.06 Å². The molecule has 0 saturated carbocycles. The summed E-state index contributed by atoms with van der Waals surface area (Å²) in [5.41, 5.74) is 3.14. The van der Waals surface area contributed by atoms with Crippen molar-refractivity contribution in [3.05, 3.63) is 60.2 Å². The van der Waals surface area contributed by atoms with Gasteiger partial charge >= 0.3 is 7.60 Å². The number of nitrogens with zero attached hydrogens (tertiary/aromatic N) is 1. The van der Waals surface area contributed by atoms with Crippen LogP contribution in [0.25, 0.3) is 11.1 Å². The van der Waals surface area contributed by atoms with Gasteiger partial charge in [-0.2, -0.15) is 0 Å². The van der Waals surface area contributed by atoms with E-state index >= 15 is 0 Å². The zero-order valence-electron chi connectivity index (χ0n) is 17.4. The summed E-state index contributed by atoms with van der Waals surface area (Å²) in [6.45, 7) is 6.22. The number of rotatable bonds is 12. The molecule has 0 aliphatic heterocycles. The molecule has 2 aromatic carbocycles. The van der Waals surface area contributed by atoms with Crippen molar-refractivity contribution in [2.75, 3.05) is 25.9 Å². The third-order valence-electron chi connectivity index (χ3n) is 4.27. The summed E-state index contributed by atoms with van der Waals surface area (Å²) in [7, 11) is -3.12. The predicted molar refractivity (Wildman–Crippen MR) is 114 cm³/mol. The Labute approximate surface area is 173 Å². The summed E-state index contributed by atoms with van der Waals surface area (Å²) in [6, 6.07) is 18.0. The molecule has 0 unspecified atom stereocenters. The van der Waals surface area contributed by atoms with E-state index in [2.05, 4.69) is 0 Å². The number of hydrogen-bond donors (Lipinski definition) is 0. The fraction of sp³-hybridized carbons (Fsp3) is 0.409. The van der Waals surface area contributed by atoms with Gasteiger partial charge in [-0.1, -0.05) is 54.6 Å².